The Kier molecular flexibility index (Phi) is 3.25. The highest BCUT2D eigenvalue weighted by atomic mass is 16.3. The van der Waals surface area contributed by atoms with Gasteiger partial charge in [-0.25, -0.2) is 0 Å². The Hall–Kier alpha value is -1.35. The molecule has 0 saturated carbocycles. The smallest absolute Gasteiger partial charge is 0.253 e. The number of likely N-dealkylation sites (tertiary alicyclic amines) is 1. The van der Waals surface area contributed by atoms with Crippen molar-refractivity contribution in [3.05, 3.63) is 35.9 Å². The van der Waals surface area contributed by atoms with Crippen LogP contribution in [-0.2, 0) is 0 Å². The third kappa shape index (κ3) is 2.25. The molecule has 2 rings (SSSR count). The number of carbonyl (C=O) groups excluding carboxylic acids is 1. The molecule has 2 unspecified atom stereocenters. The Morgan fingerprint density at radius 1 is 1.38 bits per heavy atom. The van der Waals surface area contributed by atoms with Gasteiger partial charge in [-0.15, -0.1) is 0 Å². The minimum atomic E-state index is -0.388. The van der Waals surface area contributed by atoms with E-state index in [2.05, 4.69) is 0 Å². The molecule has 1 aliphatic rings. The van der Waals surface area contributed by atoms with Gasteiger partial charge in [0.2, 0.25) is 0 Å². The molecule has 16 heavy (non-hydrogen) atoms. The van der Waals surface area contributed by atoms with E-state index in [0.717, 1.165) is 13.0 Å². The lowest BCUT2D eigenvalue weighted by atomic mass is 9.95. The van der Waals surface area contributed by atoms with E-state index in [1.165, 1.54) is 0 Å². The monoisotopic (exact) mass is 219 g/mol. The highest BCUT2D eigenvalue weighted by Crippen LogP contribution is 2.18. The van der Waals surface area contributed by atoms with E-state index in [1.54, 1.807) is 4.90 Å². The molecule has 0 bridgehead atoms. The van der Waals surface area contributed by atoms with E-state index in [1.807, 2.05) is 37.3 Å². The molecule has 1 saturated heterocycles. The lowest BCUT2D eigenvalue weighted by molar-refractivity contribution is 0.0248. The maximum absolute atomic E-state index is 12.1. The molecule has 1 aliphatic heterocycles. The van der Waals surface area contributed by atoms with E-state index >= 15 is 0 Å². The number of hydrogen-bond donors (Lipinski definition) is 1. The van der Waals surface area contributed by atoms with Gasteiger partial charge in [0.15, 0.2) is 0 Å². The fraction of sp³-hybridized carbons (Fsp3) is 0.462. The minimum absolute atomic E-state index is 0.0200. The average Bonchev–Trinajstić information content (AvgIpc) is 2.33. The molecule has 0 spiro atoms. The molecule has 1 fully saturated rings. The fourth-order valence-electron chi connectivity index (χ4n) is 2.00. The van der Waals surface area contributed by atoms with Gasteiger partial charge in [-0.3, -0.25) is 4.79 Å². The van der Waals surface area contributed by atoms with Gasteiger partial charge in [0.05, 0.1) is 6.10 Å². The Morgan fingerprint density at radius 2 is 2.06 bits per heavy atom. The third-order valence-corrected chi connectivity index (χ3v) is 3.23. The first-order valence-corrected chi connectivity index (χ1v) is 5.71. The van der Waals surface area contributed by atoms with Crippen LogP contribution >= 0.6 is 0 Å². The first kappa shape index (κ1) is 11.1. The molecule has 0 radical (unpaired) electrons. The topological polar surface area (TPSA) is 40.5 Å². The Morgan fingerprint density at radius 3 is 2.69 bits per heavy atom. The first-order chi connectivity index (χ1) is 7.68. The highest BCUT2D eigenvalue weighted by Gasteiger charge is 2.27. The van der Waals surface area contributed by atoms with Crippen molar-refractivity contribution in [3.63, 3.8) is 0 Å². The molecule has 3 heteroatoms. The molecule has 0 aliphatic carbocycles. The SMILES string of the molecule is CC1CCN(C(=O)c2ccccc2)CC1O. The zero-order valence-electron chi connectivity index (χ0n) is 9.47. The van der Waals surface area contributed by atoms with Crippen LogP contribution < -0.4 is 0 Å². The second kappa shape index (κ2) is 4.66. The molecular formula is C13H17NO2. The molecule has 0 aromatic heterocycles. The zero-order chi connectivity index (χ0) is 11.5. The van der Waals surface area contributed by atoms with Crippen LogP contribution in [0.3, 0.4) is 0 Å². The molecule has 1 aromatic carbocycles. The number of benzene rings is 1. The van der Waals surface area contributed by atoms with Crippen LogP contribution in [0.2, 0.25) is 0 Å². The maximum atomic E-state index is 12.1. The molecule has 1 N–H and O–H groups in total. The van der Waals surface area contributed by atoms with Crippen LogP contribution in [0.15, 0.2) is 30.3 Å². The molecule has 2 atom stereocenters. The van der Waals surface area contributed by atoms with Gasteiger partial charge >= 0.3 is 0 Å². The molecular weight excluding hydrogens is 202 g/mol. The second-order valence-electron chi connectivity index (χ2n) is 4.45. The average molecular weight is 219 g/mol. The Bertz CT molecular complexity index is 363. The Balaban J connectivity index is 2.06. The number of nitrogens with zero attached hydrogens (tertiary/aromatic N) is 1. The van der Waals surface area contributed by atoms with Crippen molar-refractivity contribution in [2.24, 2.45) is 5.92 Å². The maximum Gasteiger partial charge on any atom is 0.253 e. The number of amides is 1. The summed E-state index contributed by atoms with van der Waals surface area (Å²) in [5.41, 5.74) is 0.698. The standard InChI is InChI=1S/C13H17NO2/c1-10-7-8-14(9-12(10)15)13(16)11-5-3-2-4-6-11/h2-6,10,12,15H,7-9H2,1H3. The van der Waals surface area contributed by atoms with E-state index in [0.29, 0.717) is 18.0 Å². The number of rotatable bonds is 1. The number of piperidine rings is 1. The van der Waals surface area contributed by atoms with Gasteiger partial charge in [0, 0.05) is 18.7 Å². The van der Waals surface area contributed by atoms with Gasteiger partial charge in [0.1, 0.15) is 0 Å². The quantitative estimate of drug-likeness (QED) is 0.778. The highest BCUT2D eigenvalue weighted by molar-refractivity contribution is 5.94. The van der Waals surface area contributed by atoms with Gasteiger partial charge < -0.3 is 10.0 Å². The summed E-state index contributed by atoms with van der Waals surface area (Å²) in [4.78, 5) is 13.8. The number of aliphatic hydroxyl groups is 1. The largest absolute Gasteiger partial charge is 0.391 e. The van der Waals surface area contributed by atoms with Crippen LogP contribution in [0.1, 0.15) is 23.7 Å². The number of carbonyl (C=O) groups is 1. The van der Waals surface area contributed by atoms with Gasteiger partial charge in [-0.1, -0.05) is 25.1 Å². The zero-order valence-corrected chi connectivity index (χ0v) is 9.47. The molecule has 3 nitrogen and oxygen atoms in total. The molecule has 1 amide bonds. The van der Waals surface area contributed by atoms with Crippen molar-refractivity contribution >= 4 is 5.91 Å². The van der Waals surface area contributed by atoms with Crippen LogP contribution in [0, 0.1) is 5.92 Å². The molecule has 86 valence electrons. The summed E-state index contributed by atoms with van der Waals surface area (Å²) >= 11 is 0. The van der Waals surface area contributed by atoms with Crippen LogP contribution in [0.5, 0.6) is 0 Å². The van der Waals surface area contributed by atoms with E-state index in [-0.39, 0.29) is 12.0 Å². The van der Waals surface area contributed by atoms with E-state index in [4.69, 9.17) is 0 Å². The van der Waals surface area contributed by atoms with Crippen molar-refractivity contribution in [2.75, 3.05) is 13.1 Å². The van der Waals surface area contributed by atoms with E-state index < -0.39 is 0 Å². The number of aliphatic hydroxyl groups excluding tert-OH is 1. The normalized spacial score (nSPS) is 25.5. The van der Waals surface area contributed by atoms with Crippen molar-refractivity contribution in [1.82, 2.24) is 4.90 Å². The fourth-order valence-corrected chi connectivity index (χ4v) is 2.00. The van der Waals surface area contributed by atoms with Crippen molar-refractivity contribution in [2.45, 2.75) is 19.4 Å². The lowest BCUT2D eigenvalue weighted by Crippen LogP contribution is -2.45. The van der Waals surface area contributed by atoms with Crippen molar-refractivity contribution in [3.8, 4) is 0 Å². The summed E-state index contributed by atoms with van der Waals surface area (Å²) in [5.74, 6) is 0.311. The lowest BCUT2D eigenvalue weighted by Gasteiger charge is -2.34. The summed E-state index contributed by atoms with van der Waals surface area (Å²) in [7, 11) is 0. The summed E-state index contributed by atoms with van der Waals surface area (Å²) in [6, 6.07) is 9.23. The molecule has 1 aromatic rings. The predicted molar refractivity (Wildman–Crippen MR) is 62.1 cm³/mol. The van der Waals surface area contributed by atoms with Crippen LogP contribution in [0.25, 0.3) is 0 Å². The summed E-state index contributed by atoms with van der Waals surface area (Å²) in [6.07, 6.45) is 0.487. The number of hydrogen-bond acceptors (Lipinski definition) is 2. The van der Waals surface area contributed by atoms with Crippen molar-refractivity contribution < 1.29 is 9.90 Å². The summed E-state index contributed by atoms with van der Waals surface area (Å²) < 4.78 is 0. The predicted octanol–water partition coefficient (Wildman–Crippen LogP) is 1.53. The number of β-amino-alcohol motifs (C(OH)–C–C–N with tert-alkyl or cyclic N) is 1. The van der Waals surface area contributed by atoms with E-state index in [9.17, 15) is 9.90 Å². The van der Waals surface area contributed by atoms with Crippen molar-refractivity contribution in [1.29, 1.82) is 0 Å². The second-order valence-corrected chi connectivity index (χ2v) is 4.45. The molecule has 1 heterocycles. The minimum Gasteiger partial charge on any atom is -0.391 e. The van der Waals surface area contributed by atoms with Gasteiger partial charge in [0.25, 0.3) is 5.91 Å². The Labute approximate surface area is 95.7 Å². The summed E-state index contributed by atoms with van der Waals surface area (Å²) in [5, 5.41) is 9.75. The van der Waals surface area contributed by atoms with Crippen LogP contribution in [0.4, 0.5) is 0 Å². The van der Waals surface area contributed by atoms with Gasteiger partial charge in [-0.05, 0) is 24.5 Å². The first-order valence-electron chi connectivity index (χ1n) is 5.71. The van der Waals surface area contributed by atoms with Crippen LogP contribution in [-0.4, -0.2) is 35.1 Å². The third-order valence-electron chi connectivity index (χ3n) is 3.23. The summed E-state index contributed by atoms with van der Waals surface area (Å²) in [6.45, 7) is 3.22. The van der Waals surface area contributed by atoms with Gasteiger partial charge in [-0.2, -0.15) is 0 Å².